The molecule has 0 aromatic carbocycles. The number of methoxy groups -OCH3 is 2. The maximum Gasteiger partial charge on any atom is 0.334 e. The number of hydrogen-bond donors (Lipinski definition) is 0. The molecule has 0 unspecified atom stereocenters. The number of hydrogen-bond acceptors (Lipinski definition) is 5. The van der Waals surface area contributed by atoms with Crippen molar-refractivity contribution in [2.75, 3.05) is 14.2 Å². The van der Waals surface area contributed by atoms with Gasteiger partial charge in [0.25, 0.3) is 0 Å². The zero-order chi connectivity index (χ0) is 13.0. The van der Waals surface area contributed by atoms with Crippen LogP contribution in [0.5, 0.6) is 0 Å². The second kappa shape index (κ2) is 5.55. The van der Waals surface area contributed by atoms with Crippen LogP contribution in [-0.4, -0.2) is 30.0 Å². The van der Waals surface area contributed by atoms with Crippen molar-refractivity contribution in [1.29, 1.82) is 0 Å². The summed E-state index contributed by atoms with van der Waals surface area (Å²) in [5, 5.41) is 10.6. The Kier molecular flexibility index (Phi) is 4.36. The van der Waals surface area contributed by atoms with Crippen LogP contribution in [0.1, 0.15) is 5.69 Å². The molecule has 0 aliphatic carbocycles. The molecule has 0 aliphatic rings. The molecular formula is C10H14N2O5. The molecule has 0 fully saturated rings. The minimum atomic E-state index is -0.702. The molecule has 1 rings (SSSR count). The Bertz CT molecular complexity index is 464. The molecule has 0 saturated heterocycles. The van der Waals surface area contributed by atoms with E-state index in [1.165, 1.54) is 30.9 Å². The van der Waals surface area contributed by atoms with E-state index in [0.29, 0.717) is 5.69 Å². The monoisotopic (exact) mass is 242 g/mol. The van der Waals surface area contributed by atoms with Crippen LogP contribution in [0.3, 0.4) is 0 Å². The van der Waals surface area contributed by atoms with E-state index in [2.05, 4.69) is 0 Å². The SMILES string of the molecule is COC(Cn1c(C)ccc([N+](=O)[O-])c1=O)OC. The molecule has 0 amide bonds. The highest BCUT2D eigenvalue weighted by Crippen LogP contribution is 2.07. The fourth-order valence-electron chi connectivity index (χ4n) is 1.42. The summed E-state index contributed by atoms with van der Waals surface area (Å²) in [6.07, 6.45) is -0.617. The number of nitro groups is 1. The van der Waals surface area contributed by atoms with Gasteiger partial charge in [-0.2, -0.15) is 0 Å². The number of ether oxygens (including phenoxy) is 2. The Labute approximate surface area is 97.7 Å². The van der Waals surface area contributed by atoms with Crippen LogP contribution in [0.2, 0.25) is 0 Å². The number of aromatic nitrogens is 1. The average molecular weight is 242 g/mol. The summed E-state index contributed by atoms with van der Waals surface area (Å²) in [6, 6.07) is 2.71. The maximum absolute atomic E-state index is 11.8. The van der Waals surface area contributed by atoms with E-state index < -0.39 is 22.5 Å². The molecule has 1 heterocycles. The van der Waals surface area contributed by atoms with E-state index in [9.17, 15) is 14.9 Å². The molecule has 7 heteroatoms. The lowest BCUT2D eigenvalue weighted by molar-refractivity contribution is -0.386. The summed E-state index contributed by atoms with van der Waals surface area (Å²) >= 11 is 0. The zero-order valence-electron chi connectivity index (χ0n) is 9.87. The van der Waals surface area contributed by atoms with Gasteiger partial charge in [-0.3, -0.25) is 14.9 Å². The van der Waals surface area contributed by atoms with Crippen molar-refractivity contribution in [3.8, 4) is 0 Å². The predicted octanol–water partition coefficient (Wildman–Crippen LogP) is 0.684. The topological polar surface area (TPSA) is 83.6 Å². The number of rotatable bonds is 5. The van der Waals surface area contributed by atoms with Gasteiger partial charge < -0.3 is 14.0 Å². The lowest BCUT2D eigenvalue weighted by atomic mass is 10.3. The summed E-state index contributed by atoms with van der Waals surface area (Å²) in [5.74, 6) is 0. The largest absolute Gasteiger partial charge is 0.354 e. The third-order valence-corrected chi connectivity index (χ3v) is 2.43. The number of pyridine rings is 1. The van der Waals surface area contributed by atoms with Crippen molar-refractivity contribution in [3.63, 3.8) is 0 Å². The van der Waals surface area contributed by atoms with Gasteiger partial charge in [0.05, 0.1) is 11.5 Å². The van der Waals surface area contributed by atoms with E-state index >= 15 is 0 Å². The Morgan fingerprint density at radius 1 is 1.41 bits per heavy atom. The molecule has 0 N–H and O–H groups in total. The highest BCUT2D eigenvalue weighted by atomic mass is 16.7. The smallest absolute Gasteiger partial charge is 0.334 e. The molecule has 1 aromatic heterocycles. The van der Waals surface area contributed by atoms with Crippen molar-refractivity contribution in [2.45, 2.75) is 19.8 Å². The van der Waals surface area contributed by atoms with Crippen LogP contribution in [0, 0.1) is 17.0 Å². The first-order valence-corrected chi connectivity index (χ1v) is 4.91. The van der Waals surface area contributed by atoms with Crippen LogP contribution in [0.15, 0.2) is 16.9 Å². The first kappa shape index (κ1) is 13.3. The first-order chi connectivity index (χ1) is 8.01. The minimum Gasteiger partial charge on any atom is -0.354 e. The van der Waals surface area contributed by atoms with Crippen molar-refractivity contribution in [2.24, 2.45) is 0 Å². The molecule has 7 nitrogen and oxygen atoms in total. The molecule has 0 saturated carbocycles. The van der Waals surface area contributed by atoms with E-state index in [0.717, 1.165) is 0 Å². The van der Waals surface area contributed by atoms with Gasteiger partial charge in [-0.25, -0.2) is 0 Å². The normalized spacial score (nSPS) is 10.8. The van der Waals surface area contributed by atoms with Gasteiger partial charge in [0.2, 0.25) is 0 Å². The highest BCUT2D eigenvalue weighted by Gasteiger charge is 2.17. The van der Waals surface area contributed by atoms with Crippen molar-refractivity contribution >= 4 is 5.69 Å². The lowest BCUT2D eigenvalue weighted by Gasteiger charge is -2.16. The van der Waals surface area contributed by atoms with E-state index in [-0.39, 0.29) is 6.54 Å². The number of nitrogens with zero attached hydrogens (tertiary/aromatic N) is 2. The van der Waals surface area contributed by atoms with Crippen molar-refractivity contribution in [3.05, 3.63) is 38.3 Å². The molecule has 0 spiro atoms. The highest BCUT2D eigenvalue weighted by molar-refractivity contribution is 5.27. The lowest BCUT2D eigenvalue weighted by Crippen LogP contribution is -2.31. The fraction of sp³-hybridized carbons (Fsp3) is 0.500. The molecule has 1 aromatic rings. The van der Waals surface area contributed by atoms with E-state index in [1.54, 1.807) is 6.92 Å². The standard InChI is InChI=1S/C10H14N2O5/c1-7-4-5-8(12(14)15)10(13)11(7)6-9(16-2)17-3/h4-5,9H,6H2,1-3H3. The molecule has 94 valence electrons. The fourth-order valence-corrected chi connectivity index (χ4v) is 1.42. The maximum atomic E-state index is 11.8. The van der Waals surface area contributed by atoms with Gasteiger partial charge >= 0.3 is 11.2 Å². The van der Waals surface area contributed by atoms with E-state index in [4.69, 9.17) is 9.47 Å². The van der Waals surface area contributed by atoms with Gasteiger partial charge in [-0.05, 0) is 13.0 Å². The molecular weight excluding hydrogens is 228 g/mol. The Morgan fingerprint density at radius 3 is 2.47 bits per heavy atom. The molecule has 0 atom stereocenters. The predicted molar refractivity (Wildman–Crippen MR) is 59.9 cm³/mol. The average Bonchev–Trinajstić information content (AvgIpc) is 2.29. The van der Waals surface area contributed by atoms with Crippen LogP contribution in [0.4, 0.5) is 5.69 Å². The van der Waals surface area contributed by atoms with Gasteiger partial charge in [-0.15, -0.1) is 0 Å². The Balaban J connectivity index is 3.18. The quantitative estimate of drug-likeness (QED) is 0.430. The Hall–Kier alpha value is -1.73. The molecule has 0 radical (unpaired) electrons. The van der Waals surface area contributed by atoms with Crippen LogP contribution in [0.25, 0.3) is 0 Å². The summed E-state index contributed by atoms with van der Waals surface area (Å²) in [7, 11) is 2.87. The van der Waals surface area contributed by atoms with Crippen molar-refractivity contribution in [1.82, 2.24) is 4.57 Å². The summed E-state index contributed by atoms with van der Waals surface area (Å²) in [4.78, 5) is 21.7. The van der Waals surface area contributed by atoms with Crippen LogP contribution < -0.4 is 5.56 Å². The van der Waals surface area contributed by atoms with E-state index in [1.807, 2.05) is 0 Å². The van der Waals surface area contributed by atoms with Crippen LogP contribution in [-0.2, 0) is 16.0 Å². The number of aryl methyl sites for hydroxylation is 1. The minimum absolute atomic E-state index is 0.110. The Morgan fingerprint density at radius 2 is 2.00 bits per heavy atom. The van der Waals surface area contributed by atoms with Gasteiger partial charge in [-0.1, -0.05) is 0 Å². The molecule has 0 aliphatic heterocycles. The summed E-state index contributed by atoms with van der Waals surface area (Å²) in [5.41, 5.74) is -0.504. The third kappa shape index (κ3) is 2.89. The van der Waals surface area contributed by atoms with Crippen molar-refractivity contribution < 1.29 is 14.4 Å². The van der Waals surface area contributed by atoms with Gasteiger partial charge in [0.15, 0.2) is 6.29 Å². The van der Waals surface area contributed by atoms with Gasteiger partial charge in [0.1, 0.15) is 0 Å². The summed E-state index contributed by atoms with van der Waals surface area (Å²) < 4.78 is 11.2. The molecule has 0 bridgehead atoms. The van der Waals surface area contributed by atoms with Gasteiger partial charge in [0, 0.05) is 26.0 Å². The summed E-state index contributed by atoms with van der Waals surface area (Å²) in [6.45, 7) is 1.80. The second-order valence-corrected chi connectivity index (χ2v) is 3.43. The van der Waals surface area contributed by atoms with Crippen LogP contribution >= 0.6 is 0 Å². The third-order valence-electron chi connectivity index (χ3n) is 2.43. The first-order valence-electron chi connectivity index (χ1n) is 4.91. The second-order valence-electron chi connectivity index (χ2n) is 3.43. The zero-order valence-corrected chi connectivity index (χ0v) is 9.87. The molecule has 17 heavy (non-hydrogen) atoms.